The lowest BCUT2D eigenvalue weighted by atomic mass is 10.0. The molecule has 3 N–H and O–H groups in total. The second kappa shape index (κ2) is 13.1. The van der Waals surface area contributed by atoms with Gasteiger partial charge >= 0.3 is 16.1 Å². The Morgan fingerprint density at radius 3 is 2.09 bits per heavy atom. The van der Waals surface area contributed by atoms with Crippen LogP contribution in [0.5, 0.6) is 11.5 Å². The summed E-state index contributed by atoms with van der Waals surface area (Å²) < 4.78 is 32.7. The molecule has 1 atom stereocenters. The van der Waals surface area contributed by atoms with Crippen molar-refractivity contribution in [1.82, 2.24) is 19.9 Å². The van der Waals surface area contributed by atoms with E-state index in [4.69, 9.17) is 24.3 Å². The minimum Gasteiger partial charge on any atom is -0.404 e. The Morgan fingerprint density at radius 1 is 0.711 bits per heavy atom. The van der Waals surface area contributed by atoms with Gasteiger partial charge in [-0.1, -0.05) is 36.4 Å². The van der Waals surface area contributed by atoms with Gasteiger partial charge in [0, 0.05) is 39.7 Å². The Kier molecular flexibility index (Phi) is 9.02. The maximum absolute atomic E-state index is 11.6. The molecule has 6 aromatic rings. The number of rotatable bonds is 7. The highest BCUT2D eigenvalue weighted by Gasteiger charge is 2.20. The average Bonchev–Trinajstić information content (AvgIpc) is 3.03. The normalized spacial score (nSPS) is 12.2. The second-order valence-corrected chi connectivity index (χ2v) is 12.3. The number of aromatic nitrogens is 4. The van der Waals surface area contributed by atoms with E-state index in [9.17, 15) is 18.9 Å². The van der Waals surface area contributed by atoms with Crippen LogP contribution in [-0.2, 0) is 13.8 Å². The maximum atomic E-state index is 11.6. The quantitative estimate of drug-likeness (QED) is 0.0504. The van der Waals surface area contributed by atoms with Crippen LogP contribution in [0.4, 0.5) is 0 Å². The number of hydrogen-bond acceptors (Lipinski definition) is 9. The molecule has 0 aliphatic heterocycles. The van der Waals surface area contributed by atoms with E-state index in [1.165, 1.54) is 6.07 Å². The van der Waals surface area contributed by atoms with Crippen LogP contribution in [0, 0.1) is 3.70 Å². The molecular weight excluding hydrogens is 733 g/mol. The number of fused-ring (bicyclic) bond motifs is 4. The van der Waals surface area contributed by atoms with Crippen molar-refractivity contribution >= 4 is 71.4 Å². The number of halogens is 1. The van der Waals surface area contributed by atoms with Gasteiger partial charge in [-0.05, 0) is 77.2 Å². The van der Waals surface area contributed by atoms with Crippen molar-refractivity contribution in [2.24, 2.45) is 0 Å². The zero-order valence-corrected chi connectivity index (χ0v) is 26.9. The molecule has 0 aliphatic carbocycles. The molecule has 0 bridgehead atoms. The highest BCUT2D eigenvalue weighted by molar-refractivity contribution is 14.1. The molecule has 4 heterocycles. The summed E-state index contributed by atoms with van der Waals surface area (Å²) in [5, 5.41) is 1.54. The van der Waals surface area contributed by atoms with E-state index >= 15 is 0 Å². The van der Waals surface area contributed by atoms with Crippen molar-refractivity contribution in [1.29, 1.82) is 0 Å². The molecular formula is C30H21IN4O8P2. The Balaban J connectivity index is 1.46. The third-order valence-electron chi connectivity index (χ3n) is 6.48. The summed E-state index contributed by atoms with van der Waals surface area (Å²) >= 11 is 2.08. The fourth-order valence-electron chi connectivity index (χ4n) is 4.65. The van der Waals surface area contributed by atoms with E-state index in [1.54, 1.807) is 60.9 Å². The zero-order valence-electron chi connectivity index (χ0n) is 22.8. The van der Waals surface area contributed by atoms with Crippen LogP contribution in [0.3, 0.4) is 0 Å². The minimum absolute atomic E-state index is 0.0143. The fraction of sp³-hybridized carbons (Fsp3) is 0. The monoisotopic (exact) mass is 754 g/mol. The Labute approximate surface area is 269 Å². The van der Waals surface area contributed by atoms with Crippen molar-refractivity contribution in [2.75, 3.05) is 0 Å². The van der Waals surface area contributed by atoms with E-state index in [0.717, 1.165) is 11.1 Å². The lowest BCUT2D eigenvalue weighted by Gasteiger charge is -2.12. The van der Waals surface area contributed by atoms with E-state index in [1.807, 2.05) is 36.4 Å². The molecule has 0 saturated carbocycles. The third kappa shape index (κ3) is 7.10. The Bertz CT molecular complexity index is 2230. The SMILES string of the molecule is O=[PH](O)OOc1ccccc(-c2cccc(-c3ccc4cc(OP(=O)(O)O)c5cccnc5c4n3)c2)nc(I)c2ncccc12. The number of phosphoric acid groups is 1. The van der Waals surface area contributed by atoms with Crippen molar-refractivity contribution < 1.29 is 37.9 Å². The Morgan fingerprint density at radius 2 is 1.38 bits per heavy atom. The van der Waals surface area contributed by atoms with Crippen molar-refractivity contribution in [3.05, 3.63) is 107 Å². The number of nitrogens with zero attached hydrogens (tertiary/aromatic N) is 4. The van der Waals surface area contributed by atoms with Gasteiger partial charge in [0.05, 0.1) is 16.9 Å². The van der Waals surface area contributed by atoms with Crippen molar-refractivity contribution in [2.45, 2.75) is 0 Å². The summed E-state index contributed by atoms with van der Waals surface area (Å²) in [5.41, 5.74) is 4.35. The molecule has 15 heteroatoms. The lowest BCUT2D eigenvalue weighted by Crippen LogP contribution is -1.95. The number of phosphoric ester groups is 1. The van der Waals surface area contributed by atoms with Crippen molar-refractivity contribution in [3.8, 4) is 34.0 Å². The van der Waals surface area contributed by atoms with E-state index in [0.29, 0.717) is 47.8 Å². The summed E-state index contributed by atoms with van der Waals surface area (Å²) in [5.74, 6) is 0.204. The summed E-state index contributed by atoms with van der Waals surface area (Å²) in [6, 6.07) is 26.4. The van der Waals surface area contributed by atoms with Gasteiger partial charge in [0.15, 0.2) is 5.75 Å². The molecule has 12 nitrogen and oxygen atoms in total. The summed E-state index contributed by atoms with van der Waals surface area (Å²) in [4.78, 5) is 51.7. The minimum atomic E-state index is -4.80. The third-order valence-corrected chi connectivity index (χ3v) is 7.90. The number of benzene rings is 2. The number of hydrogen-bond donors (Lipinski definition) is 3. The van der Waals surface area contributed by atoms with Crippen LogP contribution in [-0.4, -0.2) is 34.6 Å². The Hall–Kier alpha value is -4.07. The lowest BCUT2D eigenvalue weighted by molar-refractivity contribution is -0.0998. The highest BCUT2D eigenvalue weighted by Crippen LogP contribution is 2.42. The summed E-state index contributed by atoms with van der Waals surface area (Å²) in [6.45, 7) is 0. The van der Waals surface area contributed by atoms with E-state index < -0.39 is 16.1 Å². The van der Waals surface area contributed by atoms with Gasteiger partial charge in [0.1, 0.15) is 20.5 Å². The van der Waals surface area contributed by atoms with Crippen molar-refractivity contribution in [3.63, 3.8) is 0 Å². The molecule has 45 heavy (non-hydrogen) atoms. The van der Waals surface area contributed by atoms with Crippen LogP contribution >= 0.6 is 38.7 Å². The molecule has 0 radical (unpaired) electrons. The van der Waals surface area contributed by atoms with Gasteiger partial charge in [-0.15, -0.1) is 4.67 Å². The second-order valence-electron chi connectivity index (χ2n) is 9.41. The largest absolute Gasteiger partial charge is 0.524 e. The molecule has 4 aromatic heterocycles. The molecule has 0 saturated heterocycles. The predicted molar refractivity (Wildman–Crippen MR) is 177 cm³/mol. The zero-order chi connectivity index (χ0) is 31.6. The molecule has 0 spiro atoms. The maximum Gasteiger partial charge on any atom is 0.524 e. The van der Waals surface area contributed by atoms with Crippen LogP contribution in [0.2, 0.25) is 0 Å². The van der Waals surface area contributed by atoms with Crippen LogP contribution in [0.1, 0.15) is 0 Å². The van der Waals surface area contributed by atoms with Gasteiger partial charge in [0.25, 0.3) is 0 Å². The highest BCUT2D eigenvalue weighted by atomic mass is 127. The first-order chi connectivity index (χ1) is 21.7. The molecule has 2 aromatic carbocycles. The van der Waals surface area contributed by atoms with E-state index in [2.05, 4.69) is 37.2 Å². The molecule has 6 rings (SSSR count). The predicted octanol–water partition coefficient (Wildman–Crippen LogP) is 6.95. The van der Waals surface area contributed by atoms with Gasteiger partial charge < -0.3 is 14.3 Å². The van der Waals surface area contributed by atoms with Crippen LogP contribution in [0.15, 0.2) is 103 Å². The number of pyridine rings is 3. The van der Waals surface area contributed by atoms with Crippen LogP contribution in [0.25, 0.3) is 55.2 Å². The smallest absolute Gasteiger partial charge is 0.404 e. The van der Waals surface area contributed by atoms with Crippen LogP contribution < -0.4 is 9.41 Å². The summed E-state index contributed by atoms with van der Waals surface area (Å²) in [6.07, 6.45) is 3.19. The first-order valence-electron chi connectivity index (χ1n) is 13.1. The molecule has 226 valence electrons. The van der Waals surface area contributed by atoms with Gasteiger partial charge in [-0.2, -0.15) is 0 Å². The van der Waals surface area contributed by atoms with Gasteiger partial charge in [-0.25, -0.2) is 14.5 Å². The standard InChI is InChI=1S/C30H21IN4O8P2/c31-30-29-21(8-4-15-33-29)25(41-43-44(36)37)11-2-1-10-23(35-30)18-6-3-7-19(16-18)24-13-12-20-17-26(42-45(38,39)40)22-9-5-14-32-28(22)27(20)34-24/h1-17,44H,(H,36,37)(H2,38,39,40). The fourth-order valence-corrected chi connectivity index (χ4v) is 5.91. The first-order valence-corrected chi connectivity index (χ1v) is 16.9. The molecule has 0 aliphatic rings. The van der Waals surface area contributed by atoms with Gasteiger partial charge in [0.2, 0.25) is 0 Å². The first kappa shape index (κ1) is 30.9. The van der Waals surface area contributed by atoms with Gasteiger partial charge in [-0.3, -0.25) is 24.3 Å². The molecule has 1 unspecified atom stereocenters. The van der Waals surface area contributed by atoms with E-state index in [-0.39, 0.29) is 11.5 Å². The average molecular weight is 754 g/mol. The molecule has 0 fully saturated rings. The topological polar surface area (TPSA) is 174 Å². The molecule has 0 amide bonds. The summed E-state index contributed by atoms with van der Waals surface area (Å²) in [7, 11) is -8.13.